The summed E-state index contributed by atoms with van der Waals surface area (Å²) in [6, 6.07) is 7.10. The zero-order valence-electron chi connectivity index (χ0n) is 11.0. The van der Waals surface area contributed by atoms with Gasteiger partial charge in [-0.3, -0.25) is 4.79 Å². The number of carbonyl (C=O) groups is 2. The summed E-state index contributed by atoms with van der Waals surface area (Å²) in [7, 11) is 0. The molecule has 0 radical (unpaired) electrons. The molecule has 102 valence electrons. The van der Waals surface area contributed by atoms with Gasteiger partial charge in [-0.1, -0.05) is 17.3 Å². The molecular formula is C15H12INO3. The van der Waals surface area contributed by atoms with E-state index in [1.165, 1.54) is 6.08 Å². The van der Waals surface area contributed by atoms with Gasteiger partial charge in [0.15, 0.2) is 5.78 Å². The highest BCUT2D eigenvalue weighted by Gasteiger charge is 2.15. The monoisotopic (exact) mass is 381 g/mol. The topological polar surface area (TPSA) is 55.7 Å². The minimum atomic E-state index is -0.516. The van der Waals surface area contributed by atoms with E-state index in [0.717, 1.165) is 3.57 Å². The molecule has 0 N–H and O–H groups in total. The molecule has 0 aromatic heterocycles. The van der Waals surface area contributed by atoms with E-state index >= 15 is 0 Å². The first-order chi connectivity index (χ1) is 9.49. The van der Waals surface area contributed by atoms with Gasteiger partial charge in [0.05, 0.1) is 5.56 Å². The number of hydrogen-bond acceptors (Lipinski definition) is 4. The van der Waals surface area contributed by atoms with Crippen LogP contribution in [0.5, 0.6) is 0 Å². The number of hydrogen-bond donors (Lipinski definition) is 0. The Morgan fingerprint density at radius 3 is 2.55 bits per heavy atom. The molecule has 0 aliphatic heterocycles. The summed E-state index contributed by atoms with van der Waals surface area (Å²) in [6.45, 7) is 3.45. The largest absolute Gasteiger partial charge is 0.366 e. The maximum absolute atomic E-state index is 11.9. The van der Waals surface area contributed by atoms with E-state index in [2.05, 4.69) is 27.7 Å². The van der Waals surface area contributed by atoms with Gasteiger partial charge in [-0.05, 0) is 71.9 Å². The van der Waals surface area contributed by atoms with Crippen molar-refractivity contribution >= 4 is 40.1 Å². The Kier molecular flexibility index (Phi) is 4.49. The summed E-state index contributed by atoms with van der Waals surface area (Å²) in [5.74, 6) is -0.566. The van der Waals surface area contributed by atoms with E-state index in [4.69, 9.17) is 4.84 Å². The van der Waals surface area contributed by atoms with Crippen LogP contribution in [-0.2, 0) is 9.63 Å². The number of ketones is 1. The molecular weight excluding hydrogens is 369 g/mol. The molecule has 1 aromatic rings. The van der Waals surface area contributed by atoms with Gasteiger partial charge in [-0.25, -0.2) is 4.79 Å². The van der Waals surface area contributed by atoms with Crippen LogP contribution in [0.1, 0.15) is 24.2 Å². The van der Waals surface area contributed by atoms with Crippen LogP contribution < -0.4 is 0 Å². The van der Waals surface area contributed by atoms with Crippen LogP contribution in [0.3, 0.4) is 0 Å². The van der Waals surface area contributed by atoms with E-state index in [-0.39, 0.29) is 5.78 Å². The summed E-state index contributed by atoms with van der Waals surface area (Å²) >= 11 is 2.06. The second kappa shape index (κ2) is 6.13. The fourth-order valence-corrected chi connectivity index (χ4v) is 2.25. The fraction of sp³-hybridized carbons (Fsp3) is 0.133. The van der Waals surface area contributed by atoms with Crippen LogP contribution in [0, 0.1) is 3.57 Å². The van der Waals surface area contributed by atoms with Crippen LogP contribution >= 0.6 is 22.6 Å². The Morgan fingerprint density at radius 2 is 1.85 bits per heavy atom. The van der Waals surface area contributed by atoms with Gasteiger partial charge in [0.2, 0.25) is 0 Å². The molecule has 4 nitrogen and oxygen atoms in total. The molecule has 0 fully saturated rings. The predicted molar refractivity (Wildman–Crippen MR) is 84.5 cm³/mol. The van der Waals surface area contributed by atoms with E-state index in [1.54, 1.807) is 32.1 Å². The van der Waals surface area contributed by atoms with Crippen LogP contribution in [0.4, 0.5) is 0 Å². The van der Waals surface area contributed by atoms with Gasteiger partial charge in [0.25, 0.3) is 0 Å². The smallest absolute Gasteiger partial charge is 0.312 e. The Morgan fingerprint density at radius 1 is 1.15 bits per heavy atom. The minimum Gasteiger partial charge on any atom is -0.312 e. The molecule has 0 heterocycles. The first-order valence-corrected chi connectivity index (χ1v) is 7.02. The van der Waals surface area contributed by atoms with Gasteiger partial charge in [-0.2, -0.15) is 0 Å². The molecule has 20 heavy (non-hydrogen) atoms. The highest BCUT2D eigenvalue weighted by Crippen LogP contribution is 2.15. The maximum atomic E-state index is 11.9. The second-order valence-electron chi connectivity index (χ2n) is 4.35. The van der Waals surface area contributed by atoms with Crippen molar-refractivity contribution < 1.29 is 14.4 Å². The first-order valence-electron chi connectivity index (χ1n) is 5.94. The summed E-state index contributed by atoms with van der Waals surface area (Å²) in [5.41, 5.74) is 2.20. The third-order valence-corrected chi connectivity index (χ3v) is 3.75. The van der Waals surface area contributed by atoms with Gasteiger partial charge in [-0.15, -0.1) is 0 Å². The average molecular weight is 381 g/mol. The standard InChI is InChI=1S/C15H12INO3/c1-9-8-14(18)10(2)7-13(9)17-20-15(19)11-5-3-4-6-12(11)16/h3-8H,1-2H3. The zero-order chi connectivity index (χ0) is 14.7. The van der Waals surface area contributed by atoms with Crippen LogP contribution in [0.15, 0.2) is 52.7 Å². The number of benzene rings is 1. The number of allylic oxidation sites excluding steroid dienone is 4. The van der Waals surface area contributed by atoms with Crippen molar-refractivity contribution in [3.63, 3.8) is 0 Å². The van der Waals surface area contributed by atoms with Crippen molar-refractivity contribution in [2.24, 2.45) is 5.16 Å². The van der Waals surface area contributed by atoms with Crippen LogP contribution in [0.25, 0.3) is 0 Å². The highest BCUT2D eigenvalue weighted by atomic mass is 127. The van der Waals surface area contributed by atoms with Crippen molar-refractivity contribution in [3.05, 3.63) is 56.7 Å². The van der Waals surface area contributed by atoms with Gasteiger partial charge in [0.1, 0.15) is 5.71 Å². The number of rotatable bonds is 2. The van der Waals surface area contributed by atoms with E-state index in [9.17, 15) is 9.59 Å². The molecule has 1 aliphatic rings. The average Bonchev–Trinajstić information content (AvgIpc) is 2.41. The molecule has 0 bridgehead atoms. The Balaban J connectivity index is 2.18. The van der Waals surface area contributed by atoms with Crippen molar-refractivity contribution in [2.45, 2.75) is 13.8 Å². The minimum absolute atomic E-state index is 0.0506. The fourth-order valence-electron chi connectivity index (χ4n) is 1.64. The molecule has 2 rings (SSSR count). The van der Waals surface area contributed by atoms with Crippen LogP contribution in [-0.4, -0.2) is 17.5 Å². The summed E-state index contributed by atoms with van der Waals surface area (Å²) in [4.78, 5) is 28.3. The molecule has 0 amide bonds. The van der Waals surface area contributed by atoms with Gasteiger partial charge in [0, 0.05) is 3.57 Å². The van der Waals surface area contributed by atoms with Crippen LogP contribution in [0.2, 0.25) is 0 Å². The molecule has 0 saturated heterocycles. The van der Waals surface area contributed by atoms with Gasteiger partial charge >= 0.3 is 5.97 Å². The molecule has 0 saturated carbocycles. The summed E-state index contributed by atoms with van der Waals surface area (Å²) < 4.78 is 0.799. The lowest BCUT2D eigenvalue weighted by Crippen LogP contribution is -2.12. The van der Waals surface area contributed by atoms with Gasteiger partial charge < -0.3 is 4.84 Å². The maximum Gasteiger partial charge on any atom is 0.366 e. The number of oxime groups is 1. The Hall–Kier alpha value is -1.76. The zero-order valence-corrected chi connectivity index (χ0v) is 13.2. The predicted octanol–water partition coefficient (Wildman–Crippen LogP) is 3.28. The molecule has 0 atom stereocenters. The lowest BCUT2D eigenvalue weighted by Gasteiger charge is -2.08. The van der Waals surface area contributed by atoms with Crippen molar-refractivity contribution in [3.8, 4) is 0 Å². The van der Waals surface area contributed by atoms with E-state index in [0.29, 0.717) is 22.4 Å². The van der Waals surface area contributed by atoms with E-state index in [1.807, 2.05) is 12.1 Å². The first kappa shape index (κ1) is 14.6. The number of carbonyl (C=O) groups excluding carboxylic acids is 2. The Labute approximate surface area is 130 Å². The lowest BCUT2D eigenvalue weighted by atomic mass is 9.99. The van der Waals surface area contributed by atoms with Crippen molar-refractivity contribution in [1.82, 2.24) is 0 Å². The quantitative estimate of drug-likeness (QED) is 0.342. The highest BCUT2D eigenvalue weighted by molar-refractivity contribution is 14.1. The SMILES string of the molecule is CC1=CC(=NOC(=O)c2ccccc2I)C(C)=CC1=O. The molecule has 5 heteroatoms. The molecule has 0 unspecified atom stereocenters. The summed E-state index contributed by atoms with van der Waals surface area (Å²) in [6.07, 6.45) is 3.09. The molecule has 1 aromatic carbocycles. The van der Waals surface area contributed by atoms with E-state index < -0.39 is 5.97 Å². The lowest BCUT2D eigenvalue weighted by molar-refractivity contribution is -0.111. The normalized spacial score (nSPS) is 16.8. The second-order valence-corrected chi connectivity index (χ2v) is 5.52. The third kappa shape index (κ3) is 3.22. The third-order valence-electron chi connectivity index (χ3n) is 2.81. The van der Waals surface area contributed by atoms with Crippen molar-refractivity contribution in [1.29, 1.82) is 0 Å². The summed E-state index contributed by atoms with van der Waals surface area (Å²) in [5, 5.41) is 3.83. The van der Waals surface area contributed by atoms with Crippen molar-refractivity contribution in [2.75, 3.05) is 0 Å². The number of halogens is 1. The molecule has 0 spiro atoms. The molecule has 1 aliphatic carbocycles. The number of nitrogens with zero attached hydrogens (tertiary/aromatic N) is 1. The Bertz CT molecular complexity index is 671.